The molecule has 1 aromatic carbocycles. The normalized spacial score (nSPS) is 12.8. The summed E-state index contributed by atoms with van der Waals surface area (Å²) < 4.78 is 12.5. The number of nitrogens with two attached hydrogens (primary N) is 1. The summed E-state index contributed by atoms with van der Waals surface area (Å²) in [5.74, 6) is -0.184. The van der Waals surface area contributed by atoms with E-state index in [4.69, 9.17) is 5.73 Å². The third kappa shape index (κ3) is 3.79. The lowest BCUT2D eigenvalue weighted by Gasteiger charge is -2.08. The van der Waals surface area contributed by atoms with Crippen LogP contribution in [0.25, 0.3) is 0 Å². The predicted octanol–water partition coefficient (Wildman–Crippen LogP) is 2.66. The topological polar surface area (TPSA) is 26.0 Å². The summed E-state index contributed by atoms with van der Waals surface area (Å²) in [6.45, 7) is 2.83. The lowest BCUT2D eigenvalue weighted by Crippen LogP contribution is -2.06. The van der Waals surface area contributed by atoms with Gasteiger partial charge in [0.2, 0.25) is 0 Å². The van der Waals surface area contributed by atoms with Gasteiger partial charge in [0.25, 0.3) is 0 Å². The Kier molecular flexibility index (Phi) is 4.25. The summed E-state index contributed by atoms with van der Waals surface area (Å²) in [7, 11) is 0. The molecule has 0 amide bonds. The van der Waals surface area contributed by atoms with Crippen LogP contribution in [0.4, 0.5) is 4.39 Å². The standard InChI is InChI=1S/C10H14FNS/c1-8(6-7-12)13-10-4-2-9(11)3-5-10/h2-5,8H,6-7,12H2,1H3. The SMILES string of the molecule is CC(CCN)Sc1ccc(F)cc1. The summed E-state index contributed by atoms with van der Waals surface area (Å²) in [5.41, 5.74) is 5.43. The van der Waals surface area contributed by atoms with Gasteiger partial charge in [0.05, 0.1) is 0 Å². The molecule has 0 radical (unpaired) electrons. The molecule has 1 unspecified atom stereocenters. The Hall–Kier alpha value is -0.540. The fourth-order valence-corrected chi connectivity index (χ4v) is 2.05. The molecule has 0 fully saturated rings. The van der Waals surface area contributed by atoms with E-state index in [-0.39, 0.29) is 5.82 Å². The van der Waals surface area contributed by atoms with Gasteiger partial charge in [0.15, 0.2) is 0 Å². The Morgan fingerprint density at radius 3 is 2.54 bits per heavy atom. The van der Waals surface area contributed by atoms with E-state index in [0.717, 1.165) is 11.3 Å². The molecule has 1 rings (SSSR count). The summed E-state index contributed by atoms with van der Waals surface area (Å²) in [4.78, 5) is 1.10. The number of halogens is 1. The highest BCUT2D eigenvalue weighted by Crippen LogP contribution is 2.24. The van der Waals surface area contributed by atoms with Crippen LogP contribution in [0.15, 0.2) is 29.2 Å². The fourth-order valence-electron chi connectivity index (χ4n) is 1.04. The van der Waals surface area contributed by atoms with Gasteiger partial charge in [0.1, 0.15) is 5.82 Å². The van der Waals surface area contributed by atoms with Gasteiger partial charge in [0, 0.05) is 10.1 Å². The number of benzene rings is 1. The predicted molar refractivity (Wildman–Crippen MR) is 55.4 cm³/mol. The summed E-state index contributed by atoms with van der Waals surface area (Å²) in [5, 5.41) is 0.496. The molecule has 0 saturated heterocycles. The maximum absolute atomic E-state index is 12.5. The van der Waals surface area contributed by atoms with Gasteiger partial charge in [-0.3, -0.25) is 0 Å². The van der Waals surface area contributed by atoms with E-state index in [9.17, 15) is 4.39 Å². The molecular weight excluding hydrogens is 185 g/mol. The molecule has 0 aliphatic carbocycles. The van der Waals surface area contributed by atoms with Crippen LogP contribution in [-0.2, 0) is 0 Å². The van der Waals surface area contributed by atoms with Crippen molar-refractivity contribution in [3.8, 4) is 0 Å². The van der Waals surface area contributed by atoms with Crippen LogP contribution in [0.1, 0.15) is 13.3 Å². The molecule has 13 heavy (non-hydrogen) atoms. The molecule has 1 aromatic rings. The quantitative estimate of drug-likeness (QED) is 0.754. The Bertz CT molecular complexity index is 248. The Morgan fingerprint density at radius 2 is 2.00 bits per heavy atom. The van der Waals surface area contributed by atoms with Crippen molar-refractivity contribution in [2.24, 2.45) is 5.73 Å². The van der Waals surface area contributed by atoms with Gasteiger partial charge >= 0.3 is 0 Å². The van der Waals surface area contributed by atoms with Crippen LogP contribution in [0.5, 0.6) is 0 Å². The first-order valence-electron chi connectivity index (χ1n) is 4.34. The minimum atomic E-state index is -0.184. The largest absolute Gasteiger partial charge is 0.330 e. The number of rotatable bonds is 4. The van der Waals surface area contributed by atoms with Gasteiger partial charge < -0.3 is 5.73 Å². The average Bonchev–Trinajstić information content (AvgIpc) is 2.09. The summed E-state index contributed by atoms with van der Waals surface area (Å²) in [6, 6.07) is 6.56. The maximum Gasteiger partial charge on any atom is 0.123 e. The molecule has 1 atom stereocenters. The van der Waals surface area contributed by atoms with Crippen molar-refractivity contribution >= 4 is 11.8 Å². The van der Waals surface area contributed by atoms with Crippen LogP contribution in [-0.4, -0.2) is 11.8 Å². The first-order valence-corrected chi connectivity index (χ1v) is 5.22. The lowest BCUT2D eigenvalue weighted by atomic mass is 10.3. The van der Waals surface area contributed by atoms with Gasteiger partial charge in [-0.05, 0) is 37.2 Å². The van der Waals surface area contributed by atoms with E-state index in [0.29, 0.717) is 11.8 Å². The summed E-state index contributed by atoms with van der Waals surface area (Å²) >= 11 is 1.73. The third-order valence-corrected chi connectivity index (χ3v) is 2.91. The van der Waals surface area contributed by atoms with Crippen molar-refractivity contribution in [1.82, 2.24) is 0 Å². The minimum Gasteiger partial charge on any atom is -0.330 e. The Balaban J connectivity index is 2.49. The molecule has 2 N–H and O–H groups in total. The molecule has 0 bridgehead atoms. The van der Waals surface area contributed by atoms with Gasteiger partial charge in [-0.1, -0.05) is 6.92 Å². The van der Waals surface area contributed by atoms with E-state index in [1.165, 1.54) is 12.1 Å². The zero-order valence-electron chi connectivity index (χ0n) is 7.66. The highest BCUT2D eigenvalue weighted by Gasteiger charge is 2.02. The monoisotopic (exact) mass is 199 g/mol. The van der Waals surface area contributed by atoms with Gasteiger partial charge in [-0.25, -0.2) is 4.39 Å². The van der Waals surface area contributed by atoms with Crippen molar-refractivity contribution < 1.29 is 4.39 Å². The van der Waals surface area contributed by atoms with Crippen LogP contribution in [0, 0.1) is 5.82 Å². The second-order valence-corrected chi connectivity index (χ2v) is 4.47. The van der Waals surface area contributed by atoms with E-state index < -0.39 is 0 Å². The van der Waals surface area contributed by atoms with Crippen LogP contribution >= 0.6 is 11.8 Å². The molecule has 0 heterocycles. The zero-order valence-corrected chi connectivity index (χ0v) is 8.48. The molecule has 3 heteroatoms. The molecule has 0 aliphatic rings. The average molecular weight is 199 g/mol. The van der Waals surface area contributed by atoms with E-state index in [1.807, 2.05) is 0 Å². The van der Waals surface area contributed by atoms with E-state index >= 15 is 0 Å². The Morgan fingerprint density at radius 1 is 1.38 bits per heavy atom. The van der Waals surface area contributed by atoms with Crippen LogP contribution in [0.2, 0.25) is 0 Å². The van der Waals surface area contributed by atoms with Crippen molar-refractivity contribution in [1.29, 1.82) is 0 Å². The molecule has 0 saturated carbocycles. The molecule has 72 valence electrons. The number of thioether (sulfide) groups is 1. The smallest absolute Gasteiger partial charge is 0.123 e. The molecular formula is C10H14FNS. The maximum atomic E-state index is 12.5. The van der Waals surface area contributed by atoms with Crippen LogP contribution in [0.3, 0.4) is 0 Å². The molecule has 0 aliphatic heterocycles. The number of hydrogen-bond acceptors (Lipinski definition) is 2. The van der Waals surface area contributed by atoms with Crippen LogP contribution < -0.4 is 5.73 Å². The number of hydrogen-bond donors (Lipinski definition) is 1. The molecule has 0 aromatic heterocycles. The van der Waals surface area contributed by atoms with Crippen molar-refractivity contribution in [3.63, 3.8) is 0 Å². The minimum absolute atomic E-state index is 0.184. The second-order valence-electron chi connectivity index (χ2n) is 2.96. The first-order chi connectivity index (χ1) is 6.22. The highest BCUT2D eigenvalue weighted by atomic mass is 32.2. The third-order valence-electron chi connectivity index (χ3n) is 1.72. The van der Waals surface area contributed by atoms with Gasteiger partial charge in [-0.2, -0.15) is 0 Å². The second kappa shape index (κ2) is 5.25. The highest BCUT2D eigenvalue weighted by molar-refractivity contribution is 7.99. The van der Waals surface area contributed by atoms with E-state index in [1.54, 1.807) is 23.9 Å². The van der Waals surface area contributed by atoms with E-state index in [2.05, 4.69) is 6.92 Å². The Labute approximate surface area is 82.5 Å². The lowest BCUT2D eigenvalue weighted by molar-refractivity contribution is 0.626. The summed E-state index contributed by atoms with van der Waals surface area (Å²) in [6.07, 6.45) is 0.988. The van der Waals surface area contributed by atoms with Gasteiger partial charge in [-0.15, -0.1) is 11.8 Å². The molecule has 0 spiro atoms. The first kappa shape index (κ1) is 10.5. The van der Waals surface area contributed by atoms with Crippen molar-refractivity contribution in [2.75, 3.05) is 6.54 Å². The molecule has 1 nitrogen and oxygen atoms in total. The fraction of sp³-hybridized carbons (Fsp3) is 0.400. The zero-order chi connectivity index (χ0) is 9.68. The van der Waals surface area contributed by atoms with Crippen molar-refractivity contribution in [2.45, 2.75) is 23.5 Å². The van der Waals surface area contributed by atoms with Crippen molar-refractivity contribution in [3.05, 3.63) is 30.1 Å².